The largest absolute Gasteiger partial charge is 0.573 e. The fourth-order valence-corrected chi connectivity index (χ4v) is 2.57. The summed E-state index contributed by atoms with van der Waals surface area (Å²) in [6.45, 7) is 1.97. The molecule has 19 heavy (non-hydrogen) atoms. The van der Waals surface area contributed by atoms with Crippen LogP contribution < -0.4 is 10.5 Å². The van der Waals surface area contributed by atoms with E-state index in [4.69, 9.17) is 5.73 Å². The summed E-state index contributed by atoms with van der Waals surface area (Å²) in [5.41, 5.74) is 6.80. The fraction of sp³-hybridized carbons (Fsp3) is 0.231. The molecule has 0 spiro atoms. The van der Waals surface area contributed by atoms with Crippen LogP contribution in [0, 0.1) is 6.92 Å². The van der Waals surface area contributed by atoms with Crippen LogP contribution >= 0.6 is 11.3 Å². The van der Waals surface area contributed by atoms with Crippen LogP contribution in [0.4, 0.5) is 13.2 Å². The standard InChI is InChI=1S/C13H12F3NOS/c1-8-2-7-11(19-8)12(17)9-3-5-10(6-4-9)18-13(14,15)16/h2-7,12H,17H2,1H3/t12-/m1/s1. The van der Waals surface area contributed by atoms with Gasteiger partial charge in [0, 0.05) is 9.75 Å². The lowest BCUT2D eigenvalue weighted by atomic mass is 10.1. The number of rotatable bonds is 3. The lowest BCUT2D eigenvalue weighted by molar-refractivity contribution is -0.274. The predicted molar refractivity (Wildman–Crippen MR) is 68.2 cm³/mol. The first kappa shape index (κ1) is 13.9. The molecule has 0 amide bonds. The zero-order valence-electron chi connectivity index (χ0n) is 10.1. The van der Waals surface area contributed by atoms with E-state index >= 15 is 0 Å². The van der Waals surface area contributed by atoms with Crippen LogP contribution in [0.2, 0.25) is 0 Å². The van der Waals surface area contributed by atoms with Crippen molar-refractivity contribution in [3.63, 3.8) is 0 Å². The second-order valence-electron chi connectivity index (χ2n) is 4.04. The summed E-state index contributed by atoms with van der Waals surface area (Å²) < 4.78 is 39.9. The molecule has 2 N–H and O–H groups in total. The summed E-state index contributed by atoms with van der Waals surface area (Å²) in [6.07, 6.45) is -4.67. The highest BCUT2D eigenvalue weighted by Gasteiger charge is 2.31. The van der Waals surface area contributed by atoms with Crippen LogP contribution in [0.5, 0.6) is 5.75 Å². The van der Waals surface area contributed by atoms with Crippen LogP contribution in [0.15, 0.2) is 36.4 Å². The Hall–Kier alpha value is -1.53. The van der Waals surface area contributed by atoms with Crippen molar-refractivity contribution in [1.82, 2.24) is 0 Å². The quantitative estimate of drug-likeness (QED) is 0.926. The molecule has 1 atom stereocenters. The SMILES string of the molecule is Cc1ccc([C@H](N)c2ccc(OC(F)(F)F)cc2)s1. The van der Waals surface area contributed by atoms with Crippen LogP contribution in [0.25, 0.3) is 0 Å². The average molecular weight is 287 g/mol. The average Bonchev–Trinajstić information content (AvgIpc) is 2.74. The molecule has 1 aromatic carbocycles. The van der Waals surface area contributed by atoms with E-state index < -0.39 is 6.36 Å². The van der Waals surface area contributed by atoms with Gasteiger partial charge in [0.1, 0.15) is 5.75 Å². The van der Waals surface area contributed by atoms with E-state index in [9.17, 15) is 13.2 Å². The number of hydrogen-bond donors (Lipinski definition) is 1. The number of hydrogen-bond acceptors (Lipinski definition) is 3. The van der Waals surface area contributed by atoms with Gasteiger partial charge in [0.05, 0.1) is 6.04 Å². The highest BCUT2D eigenvalue weighted by atomic mass is 32.1. The van der Waals surface area contributed by atoms with Crippen molar-refractivity contribution < 1.29 is 17.9 Å². The third-order valence-electron chi connectivity index (χ3n) is 2.54. The van der Waals surface area contributed by atoms with Crippen molar-refractivity contribution in [1.29, 1.82) is 0 Å². The van der Waals surface area contributed by atoms with E-state index in [1.807, 2.05) is 19.1 Å². The minimum atomic E-state index is -4.67. The number of nitrogens with two attached hydrogens (primary N) is 1. The maximum Gasteiger partial charge on any atom is 0.573 e. The highest BCUT2D eigenvalue weighted by Crippen LogP contribution is 2.28. The second-order valence-corrected chi connectivity index (χ2v) is 5.36. The van der Waals surface area contributed by atoms with E-state index in [-0.39, 0.29) is 11.8 Å². The van der Waals surface area contributed by atoms with E-state index in [0.29, 0.717) is 0 Å². The smallest absolute Gasteiger partial charge is 0.406 e. The summed E-state index contributed by atoms with van der Waals surface area (Å²) in [4.78, 5) is 2.12. The molecule has 102 valence electrons. The first-order valence-corrected chi connectivity index (χ1v) is 6.34. The Kier molecular flexibility index (Phi) is 3.82. The van der Waals surface area contributed by atoms with Gasteiger partial charge in [-0.2, -0.15) is 0 Å². The Balaban J connectivity index is 2.14. The first-order chi connectivity index (χ1) is 8.85. The minimum absolute atomic E-state index is 0.245. The van der Waals surface area contributed by atoms with Crippen LogP contribution in [-0.4, -0.2) is 6.36 Å². The number of alkyl halides is 3. The van der Waals surface area contributed by atoms with E-state index in [1.165, 1.54) is 12.1 Å². The zero-order valence-corrected chi connectivity index (χ0v) is 10.9. The lowest BCUT2D eigenvalue weighted by Crippen LogP contribution is -2.17. The molecular weight excluding hydrogens is 275 g/mol. The third kappa shape index (κ3) is 3.71. The number of ether oxygens (including phenoxy) is 1. The molecule has 0 aliphatic carbocycles. The van der Waals surface area contributed by atoms with Crippen molar-refractivity contribution in [3.8, 4) is 5.75 Å². The van der Waals surface area contributed by atoms with Gasteiger partial charge in [-0.15, -0.1) is 24.5 Å². The summed E-state index contributed by atoms with van der Waals surface area (Å²) in [5, 5.41) is 0. The molecule has 0 saturated carbocycles. The predicted octanol–water partition coefficient (Wildman–Crippen LogP) is 4.00. The van der Waals surface area contributed by atoms with E-state index in [1.54, 1.807) is 23.5 Å². The fourth-order valence-electron chi connectivity index (χ4n) is 1.66. The van der Waals surface area contributed by atoms with Crippen molar-refractivity contribution >= 4 is 11.3 Å². The maximum absolute atomic E-state index is 12.0. The molecule has 2 aromatic rings. The Bertz CT molecular complexity index is 548. The maximum atomic E-state index is 12.0. The Morgan fingerprint density at radius 1 is 1.11 bits per heavy atom. The van der Waals surface area contributed by atoms with Gasteiger partial charge in [0.15, 0.2) is 0 Å². The number of aryl methyl sites for hydroxylation is 1. The molecule has 0 radical (unpaired) electrons. The summed E-state index contributed by atoms with van der Waals surface area (Å²) in [6, 6.07) is 9.17. The Morgan fingerprint density at radius 3 is 2.21 bits per heavy atom. The van der Waals surface area contributed by atoms with Crippen molar-refractivity contribution in [2.75, 3.05) is 0 Å². The normalized spacial score (nSPS) is 13.3. The van der Waals surface area contributed by atoms with Gasteiger partial charge < -0.3 is 10.5 Å². The van der Waals surface area contributed by atoms with Gasteiger partial charge in [-0.25, -0.2) is 0 Å². The monoisotopic (exact) mass is 287 g/mol. The van der Waals surface area contributed by atoms with Gasteiger partial charge in [0.25, 0.3) is 0 Å². The van der Waals surface area contributed by atoms with Gasteiger partial charge in [0.2, 0.25) is 0 Å². The van der Waals surface area contributed by atoms with Gasteiger partial charge in [-0.05, 0) is 36.8 Å². The summed E-state index contributed by atoms with van der Waals surface area (Å²) in [5.74, 6) is -0.245. The molecule has 1 aromatic heterocycles. The minimum Gasteiger partial charge on any atom is -0.406 e. The van der Waals surface area contributed by atoms with Crippen molar-refractivity contribution in [2.45, 2.75) is 19.3 Å². The van der Waals surface area contributed by atoms with E-state index in [0.717, 1.165) is 15.3 Å². The molecule has 2 rings (SSSR count). The van der Waals surface area contributed by atoms with Gasteiger partial charge in [-0.1, -0.05) is 12.1 Å². The van der Waals surface area contributed by atoms with Gasteiger partial charge in [-0.3, -0.25) is 0 Å². The van der Waals surface area contributed by atoms with Crippen LogP contribution in [0.3, 0.4) is 0 Å². The third-order valence-corrected chi connectivity index (χ3v) is 3.62. The molecule has 0 aliphatic rings. The molecule has 0 unspecified atom stereocenters. The second kappa shape index (κ2) is 5.22. The summed E-state index contributed by atoms with van der Waals surface area (Å²) in [7, 11) is 0. The molecular formula is C13H12F3NOS. The van der Waals surface area contributed by atoms with Crippen LogP contribution in [0.1, 0.15) is 21.4 Å². The van der Waals surface area contributed by atoms with Crippen LogP contribution in [-0.2, 0) is 0 Å². The lowest BCUT2D eigenvalue weighted by Gasteiger charge is -2.12. The number of benzene rings is 1. The molecule has 6 heteroatoms. The van der Waals surface area contributed by atoms with Gasteiger partial charge >= 0.3 is 6.36 Å². The van der Waals surface area contributed by atoms with Crippen molar-refractivity contribution in [2.24, 2.45) is 5.73 Å². The Morgan fingerprint density at radius 2 is 1.74 bits per heavy atom. The molecule has 0 aliphatic heterocycles. The topological polar surface area (TPSA) is 35.2 Å². The Labute approximate surface area is 112 Å². The van der Waals surface area contributed by atoms with Crippen molar-refractivity contribution in [3.05, 3.63) is 51.7 Å². The molecule has 2 nitrogen and oxygen atoms in total. The molecule has 0 saturated heterocycles. The molecule has 0 fully saturated rings. The molecule has 0 bridgehead atoms. The number of halogens is 3. The zero-order chi connectivity index (χ0) is 14.0. The first-order valence-electron chi connectivity index (χ1n) is 5.53. The number of thiophene rings is 1. The van der Waals surface area contributed by atoms with E-state index in [2.05, 4.69) is 4.74 Å². The summed E-state index contributed by atoms with van der Waals surface area (Å²) >= 11 is 1.57. The molecule has 1 heterocycles. The highest BCUT2D eigenvalue weighted by molar-refractivity contribution is 7.12.